The zero-order valence-electron chi connectivity index (χ0n) is 25.3. The average molecular weight is 605 g/mol. The molecule has 2 atom stereocenters. The Morgan fingerprint density at radius 2 is 1.34 bits per heavy atom. The normalized spacial score (nSPS) is 16.7. The first-order chi connectivity index (χ1) is 23.3. The summed E-state index contributed by atoms with van der Waals surface area (Å²) in [7, 11) is 0. The number of amidine groups is 1. The van der Waals surface area contributed by atoms with Crippen molar-refractivity contribution in [3.8, 4) is 0 Å². The molecule has 5 heteroatoms. The van der Waals surface area contributed by atoms with Crippen molar-refractivity contribution in [3.63, 3.8) is 0 Å². The zero-order valence-corrected chi connectivity index (χ0v) is 25.3. The molecule has 10 rings (SSSR count). The predicted molar refractivity (Wildman–Crippen MR) is 193 cm³/mol. The van der Waals surface area contributed by atoms with Crippen LogP contribution >= 0.6 is 0 Å². The Morgan fingerprint density at radius 3 is 2.30 bits per heavy atom. The lowest BCUT2D eigenvalue weighted by Gasteiger charge is -2.33. The fourth-order valence-electron chi connectivity index (χ4n) is 7.41. The second-order valence-corrected chi connectivity index (χ2v) is 12.3. The van der Waals surface area contributed by atoms with Gasteiger partial charge in [0.1, 0.15) is 29.3 Å². The third-order valence-electron chi connectivity index (χ3n) is 9.62. The van der Waals surface area contributed by atoms with Gasteiger partial charge in [-0.1, -0.05) is 115 Å². The fourth-order valence-corrected chi connectivity index (χ4v) is 7.41. The minimum atomic E-state index is -0.288. The molecule has 222 valence electrons. The van der Waals surface area contributed by atoms with E-state index in [1.54, 1.807) is 6.20 Å². The molecule has 0 saturated heterocycles. The highest BCUT2D eigenvalue weighted by molar-refractivity contribution is 6.21. The maximum atomic E-state index is 6.25. The second kappa shape index (κ2) is 10.2. The van der Waals surface area contributed by atoms with E-state index < -0.39 is 0 Å². The molecule has 47 heavy (non-hydrogen) atoms. The number of hydrogen-bond donors (Lipinski definition) is 2. The van der Waals surface area contributed by atoms with Gasteiger partial charge in [0, 0.05) is 28.7 Å². The van der Waals surface area contributed by atoms with Crippen molar-refractivity contribution < 1.29 is 4.42 Å². The Morgan fingerprint density at radius 1 is 0.553 bits per heavy atom. The van der Waals surface area contributed by atoms with Crippen LogP contribution in [0.15, 0.2) is 155 Å². The van der Waals surface area contributed by atoms with Crippen LogP contribution in [0, 0.1) is 0 Å². The molecule has 3 heterocycles. The summed E-state index contributed by atoms with van der Waals surface area (Å²) in [6, 6.07) is 47.4. The van der Waals surface area contributed by atoms with E-state index in [0.717, 1.165) is 38.9 Å². The second-order valence-electron chi connectivity index (χ2n) is 12.3. The van der Waals surface area contributed by atoms with Crippen LogP contribution in [0.2, 0.25) is 0 Å². The largest absolute Gasteiger partial charge is 0.456 e. The standard InChI is InChI=1S/C42H28N4O/c1-2-9-28-23-29(18-15-25(28)7-1)40-44-41(46-42(45-40)34-13-6-14-37-39(34)35-24-43-22-21-36(35)47-37)33-12-5-11-32-31(33)20-19-27-17-16-26-8-3-4-10-30(26)38(27)32/h1-24,40-41,44H,(H,45,46). The summed E-state index contributed by atoms with van der Waals surface area (Å²) in [6.45, 7) is 0. The molecule has 0 amide bonds. The maximum absolute atomic E-state index is 6.25. The molecule has 0 bridgehead atoms. The summed E-state index contributed by atoms with van der Waals surface area (Å²) in [5.74, 6) is 0.812. The van der Waals surface area contributed by atoms with Gasteiger partial charge >= 0.3 is 0 Å². The van der Waals surface area contributed by atoms with Crippen molar-refractivity contribution in [3.05, 3.63) is 163 Å². The lowest BCUT2D eigenvalue weighted by Crippen LogP contribution is -2.45. The smallest absolute Gasteiger partial charge is 0.138 e. The molecule has 2 N–H and O–H groups in total. The molecule has 7 aromatic carbocycles. The molecule has 5 nitrogen and oxygen atoms in total. The number of benzene rings is 7. The summed E-state index contributed by atoms with van der Waals surface area (Å²) in [4.78, 5) is 9.77. The number of aromatic nitrogens is 1. The summed E-state index contributed by atoms with van der Waals surface area (Å²) in [5, 5.41) is 19.5. The van der Waals surface area contributed by atoms with Crippen molar-refractivity contribution >= 4 is 70.9 Å². The minimum absolute atomic E-state index is 0.221. The number of furan rings is 1. The van der Waals surface area contributed by atoms with Crippen LogP contribution < -0.4 is 10.6 Å². The molecule has 1 aliphatic heterocycles. The van der Waals surface area contributed by atoms with E-state index in [-0.39, 0.29) is 12.3 Å². The molecule has 0 aliphatic carbocycles. The van der Waals surface area contributed by atoms with Gasteiger partial charge < -0.3 is 9.73 Å². The van der Waals surface area contributed by atoms with Crippen molar-refractivity contribution in [2.75, 3.05) is 0 Å². The van der Waals surface area contributed by atoms with Gasteiger partial charge in [-0.15, -0.1) is 0 Å². The van der Waals surface area contributed by atoms with Crippen LogP contribution in [0.1, 0.15) is 29.0 Å². The first kappa shape index (κ1) is 26.2. The molecule has 0 saturated carbocycles. The summed E-state index contributed by atoms with van der Waals surface area (Å²) in [5.41, 5.74) is 4.89. The number of fused-ring (bicyclic) bond motifs is 9. The molecule has 9 aromatic rings. The summed E-state index contributed by atoms with van der Waals surface area (Å²) < 4.78 is 6.25. The molecule has 0 fully saturated rings. The van der Waals surface area contributed by atoms with Crippen LogP contribution in [-0.2, 0) is 0 Å². The highest BCUT2D eigenvalue weighted by Gasteiger charge is 2.28. The van der Waals surface area contributed by atoms with Gasteiger partial charge in [-0.2, -0.15) is 0 Å². The van der Waals surface area contributed by atoms with Crippen LogP contribution in [0.3, 0.4) is 0 Å². The van der Waals surface area contributed by atoms with Crippen molar-refractivity contribution in [1.82, 2.24) is 15.6 Å². The quantitative estimate of drug-likeness (QED) is 0.197. The Balaban J connectivity index is 1.19. The van der Waals surface area contributed by atoms with Gasteiger partial charge in [-0.05, 0) is 72.4 Å². The highest BCUT2D eigenvalue weighted by atomic mass is 16.3. The average Bonchev–Trinajstić information content (AvgIpc) is 3.53. The predicted octanol–water partition coefficient (Wildman–Crippen LogP) is 9.93. The molecule has 1 aliphatic rings. The SMILES string of the molecule is c1ccc2cc(C3N=C(c4cccc5oc6ccncc6c45)NC(c4cccc5c4ccc4ccc6ccccc6c45)N3)ccc2c1. The minimum Gasteiger partial charge on any atom is -0.456 e. The monoisotopic (exact) mass is 604 g/mol. The first-order valence-electron chi connectivity index (χ1n) is 16.0. The molecule has 2 unspecified atom stereocenters. The third-order valence-corrected chi connectivity index (χ3v) is 9.62. The third kappa shape index (κ3) is 4.14. The van der Waals surface area contributed by atoms with Gasteiger partial charge in [0.05, 0.1) is 0 Å². The summed E-state index contributed by atoms with van der Waals surface area (Å²) >= 11 is 0. The lowest BCUT2D eigenvalue weighted by molar-refractivity contribution is 0.411. The van der Waals surface area contributed by atoms with E-state index in [1.165, 1.54) is 48.7 Å². The van der Waals surface area contributed by atoms with E-state index in [9.17, 15) is 0 Å². The topological polar surface area (TPSA) is 62.5 Å². The van der Waals surface area contributed by atoms with Crippen molar-refractivity contribution in [1.29, 1.82) is 0 Å². The van der Waals surface area contributed by atoms with E-state index >= 15 is 0 Å². The Kier molecular flexibility index (Phi) is 5.71. The van der Waals surface area contributed by atoms with E-state index in [0.29, 0.717) is 0 Å². The Hall–Kier alpha value is -6.04. The first-order valence-corrected chi connectivity index (χ1v) is 16.0. The van der Waals surface area contributed by atoms with Crippen molar-refractivity contribution in [2.45, 2.75) is 12.3 Å². The van der Waals surface area contributed by atoms with Gasteiger partial charge in [0.15, 0.2) is 0 Å². The lowest BCUT2D eigenvalue weighted by atomic mass is 9.93. The van der Waals surface area contributed by atoms with Crippen LogP contribution in [0.5, 0.6) is 0 Å². The van der Waals surface area contributed by atoms with E-state index in [1.807, 2.05) is 24.4 Å². The molecule has 0 spiro atoms. The Labute approximate surface area is 270 Å². The van der Waals surface area contributed by atoms with E-state index in [4.69, 9.17) is 9.41 Å². The molecular weight excluding hydrogens is 576 g/mol. The zero-order chi connectivity index (χ0) is 30.9. The Bertz CT molecular complexity index is 2730. The number of nitrogens with one attached hydrogen (secondary N) is 2. The number of nitrogens with zero attached hydrogens (tertiary/aromatic N) is 2. The number of pyridine rings is 1. The molecular formula is C42H28N4O. The maximum Gasteiger partial charge on any atom is 0.138 e. The number of rotatable bonds is 3. The van der Waals surface area contributed by atoms with Gasteiger partial charge in [0.25, 0.3) is 0 Å². The van der Waals surface area contributed by atoms with Crippen LogP contribution in [-0.4, -0.2) is 10.8 Å². The van der Waals surface area contributed by atoms with Crippen LogP contribution in [0.4, 0.5) is 0 Å². The van der Waals surface area contributed by atoms with Gasteiger partial charge in [-0.25, -0.2) is 4.99 Å². The van der Waals surface area contributed by atoms with Gasteiger partial charge in [0.2, 0.25) is 0 Å². The number of hydrogen-bond acceptors (Lipinski definition) is 5. The van der Waals surface area contributed by atoms with Gasteiger partial charge in [-0.3, -0.25) is 10.3 Å². The molecule has 2 aromatic heterocycles. The van der Waals surface area contributed by atoms with Crippen LogP contribution in [0.25, 0.3) is 65.0 Å². The summed E-state index contributed by atoms with van der Waals surface area (Å²) in [6.07, 6.45) is 3.14. The van der Waals surface area contributed by atoms with E-state index in [2.05, 4.69) is 131 Å². The highest BCUT2D eigenvalue weighted by Crippen LogP contribution is 2.38. The number of aliphatic imine (C=N–C) groups is 1. The fraction of sp³-hybridized carbons (Fsp3) is 0.0476. The molecule has 0 radical (unpaired) electrons. The van der Waals surface area contributed by atoms with Crippen molar-refractivity contribution in [2.24, 2.45) is 4.99 Å².